The molecular weight excluding hydrogens is 343 g/mol. The van der Waals surface area contributed by atoms with Crippen LogP contribution in [0.25, 0.3) is 0 Å². The Kier molecular flexibility index (Phi) is 5.10. The molecule has 0 saturated carbocycles. The van der Waals surface area contributed by atoms with E-state index in [-0.39, 0.29) is 18.1 Å². The molecule has 8 heteroatoms. The Bertz CT molecular complexity index is 898. The predicted molar refractivity (Wildman–Crippen MR) is 91.9 cm³/mol. The van der Waals surface area contributed by atoms with Crippen molar-refractivity contribution in [1.29, 1.82) is 0 Å². The van der Waals surface area contributed by atoms with Gasteiger partial charge in [0, 0.05) is 24.5 Å². The van der Waals surface area contributed by atoms with E-state index in [0.29, 0.717) is 16.1 Å². The molecule has 0 atom stereocenters. The minimum absolute atomic E-state index is 0.0565. The van der Waals surface area contributed by atoms with Gasteiger partial charge in [0.2, 0.25) is 0 Å². The molecule has 0 unspecified atom stereocenters. The molecule has 0 fully saturated rings. The summed E-state index contributed by atoms with van der Waals surface area (Å²) in [5, 5.41) is 6.96. The summed E-state index contributed by atoms with van der Waals surface area (Å²) in [7, 11) is 0. The molecule has 3 aromatic rings. The van der Waals surface area contributed by atoms with Gasteiger partial charge in [0.15, 0.2) is 0 Å². The minimum atomic E-state index is -0.463. The highest BCUT2D eigenvalue weighted by Gasteiger charge is 2.17. The van der Waals surface area contributed by atoms with Crippen molar-refractivity contribution < 1.29 is 14.0 Å². The van der Waals surface area contributed by atoms with Crippen LogP contribution in [0.5, 0.6) is 0 Å². The fraction of sp³-hybridized carbons (Fsp3) is 0.0588. The smallest absolute Gasteiger partial charge is 0.275 e. The lowest BCUT2D eigenvalue weighted by Crippen LogP contribution is -2.24. The molecule has 1 aromatic carbocycles. The first kappa shape index (κ1) is 16.7. The van der Waals surface area contributed by atoms with E-state index in [1.807, 2.05) is 0 Å². The number of nitrogens with zero attached hydrogens (tertiary/aromatic N) is 2. The van der Waals surface area contributed by atoms with E-state index in [4.69, 9.17) is 0 Å². The second-order valence-corrected chi connectivity index (χ2v) is 5.90. The number of benzene rings is 1. The van der Waals surface area contributed by atoms with Gasteiger partial charge < -0.3 is 10.6 Å². The third kappa shape index (κ3) is 4.04. The van der Waals surface area contributed by atoms with Crippen LogP contribution in [0.2, 0.25) is 0 Å². The lowest BCUT2D eigenvalue weighted by Gasteiger charge is -2.08. The second-order valence-electron chi connectivity index (χ2n) is 4.98. The highest BCUT2D eigenvalue weighted by Crippen LogP contribution is 2.23. The number of hydrogen-bond donors (Lipinski definition) is 2. The summed E-state index contributed by atoms with van der Waals surface area (Å²) < 4.78 is 13.6. The summed E-state index contributed by atoms with van der Waals surface area (Å²) in [5.41, 5.74) is 0.899. The largest absolute Gasteiger partial charge is 0.347 e. The van der Waals surface area contributed by atoms with Gasteiger partial charge >= 0.3 is 0 Å². The van der Waals surface area contributed by atoms with Crippen molar-refractivity contribution in [2.75, 3.05) is 5.32 Å². The Hall–Kier alpha value is -3.13. The summed E-state index contributed by atoms with van der Waals surface area (Å²) in [6.45, 7) is 0.0565. The van der Waals surface area contributed by atoms with Gasteiger partial charge in [-0.05, 0) is 17.5 Å². The number of nitrogens with one attached hydrogen (secondary N) is 2. The van der Waals surface area contributed by atoms with Crippen molar-refractivity contribution in [2.45, 2.75) is 6.54 Å². The Morgan fingerprint density at radius 3 is 2.72 bits per heavy atom. The lowest BCUT2D eigenvalue weighted by atomic mass is 10.2. The molecule has 3 rings (SSSR count). The molecule has 0 aliphatic heterocycles. The maximum absolute atomic E-state index is 13.6. The number of halogens is 1. The first-order chi connectivity index (χ1) is 12.1. The Labute approximate surface area is 146 Å². The van der Waals surface area contributed by atoms with Gasteiger partial charge in [0.05, 0.1) is 11.9 Å². The van der Waals surface area contributed by atoms with Crippen LogP contribution in [0.15, 0.2) is 54.3 Å². The highest BCUT2D eigenvalue weighted by molar-refractivity contribution is 7.12. The number of rotatable bonds is 5. The van der Waals surface area contributed by atoms with Crippen LogP contribution >= 0.6 is 11.3 Å². The number of aromatic nitrogens is 2. The van der Waals surface area contributed by atoms with Gasteiger partial charge in [-0.1, -0.05) is 18.2 Å². The molecule has 2 amide bonds. The first-order valence-corrected chi connectivity index (χ1v) is 8.19. The van der Waals surface area contributed by atoms with Gasteiger partial charge in [-0.2, -0.15) is 0 Å². The van der Waals surface area contributed by atoms with Gasteiger partial charge in [0.1, 0.15) is 16.4 Å². The zero-order valence-electron chi connectivity index (χ0n) is 12.9. The fourth-order valence-electron chi connectivity index (χ4n) is 2.08. The maximum Gasteiger partial charge on any atom is 0.275 e. The van der Waals surface area contributed by atoms with E-state index in [2.05, 4.69) is 20.6 Å². The van der Waals surface area contributed by atoms with Crippen LogP contribution in [0, 0.1) is 5.82 Å². The van der Waals surface area contributed by atoms with Crippen LogP contribution in [0.1, 0.15) is 25.7 Å². The van der Waals surface area contributed by atoms with Gasteiger partial charge in [-0.25, -0.2) is 9.37 Å². The number of amides is 2. The molecule has 2 aromatic heterocycles. The maximum atomic E-state index is 13.6. The number of carbonyl (C=O) groups excluding carboxylic acids is 2. The highest BCUT2D eigenvalue weighted by atomic mass is 32.1. The van der Waals surface area contributed by atoms with E-state index in [1.54, 1.807) is 29.6 Å². The zero-order chi connectivity index (χ0) is 17.6. The van der Waals surface area contributed by atoms with Crippen molar-refractivity contribution in [3.8, 4) is 0 Å². The normalized spacial score (nSPS) is 10.3. The van der Waals surface area contributed by atoms with Gasteiger partial charge in [-0.15, -0.1) is 11.3 Å². The molecule has 0 aliphatic rings. The molecule has 6 nitrogen and oxygen atoms in total. The zero-order valence-corrected chi connectivity index (χ0v) is 13.7. The molecular formula is C17H13FN4O2S. The standard InChI is InChI=1S/C17H13FN4O2S/c18-12-4-2-1-3-11(12)9-21-17(24)15-13(5-8-25-15)22-16(23)14-10-19-6-7-20-14/h1-8,10H,9H2,(H,21,24)(H,22,23). The minimum Gasteiger partial charge on any atom is -0.347 e. The number of hydrogen-bond acceptors (Lipinski definition) is 5. The molecule has 0 aliphatic carbocycles. The third-order valence-electron chi connectivity index (χ3n) is 3.31. The van der Waals surface area contributed by atoms with Crippen LogP contribution in [0.3, 0.4) is 0 Å². The third-order valence-corrected chi connectivity index (χ3v) is 4.23. The molecule has 126 valence electrons. The second kappa shape index (κ2) is 7.63. The van der Waals surface area contributed by atoms with Gasteiger partial charge in [-0.3, -0.25) is 14.6 Å². The summed E-state index contributed by atoms with van der Waals surface area (Å²) in [4.78, 5) is 32.5. The molecule has 2 N–H and O–H groups in total. The van der Waals surface area contributed by atoms with E-state index in [9.17, 15) is 14.0 Å². The van der Waals surface area contributed by atoms with Crippen molar-refractivity contribution >= 4 is 28.8 Å². The van der Waals surface area contributed by atoms with Crippen LogP contribution in [0.4, 0.5) is 10.1 Å². The van der Waals surface area contributed by atoms with Gasteiger partial charge in [0.25, 0.3) is 11.8 Å². The van der Waals surface area contributed by atoms with Crippen LogP contribution in [-0.4, -0.2) is 21.8 Å². The SMILES string of the molecule is O=C(Nc1ccsc1C(=O)NCc1ccccc1F)c1cnccn1. The van der Waals surface area contributed by atoms with E-state index < -0.39 is 11.8 Å². The monoisotopic (exact) mass is 356 g/mol. The lowest BCUT2D eigenvalue weighted by molar-refractivity contribution is 0.0955. The Morgan fingerprint density at radius 1 is 1.12 bits per heavy atom. The topological polar surface area (TPSA) is 84.0 Å². The Balaban J connectivity index is 1.67. The summed E-state index contributed by atoms with van der Waals surface area (Å²) in [5.74, 6) is -1.24. The van der Waals surface area contributed by atoms with E-state index >= 15 is 0 Å². The quantitative estimate of drug-likeness (QED) is 0.736. The summed E-state index contributed by atoms with van der Waals surface area (Å²) >= 11 is 1.18. The molecule has 0 saturated heterocycles. The molecule has 2 heterocycles. The van der Waals surface area contributed by atoms with Crippen molar-refractivity contribution in [3.05, 3.63) is 76.3 Å². The molecule has 25 heavy (non-hydrogen) atoms. The van der Waals surface area contributed by atoms with Crippen LogP contribution in [-0.2, 0) is 6.54 Å². The fourth-order valence-corrected chi connectivity index (χ4v) is 2.85. The predicted octanol–water partition coefficient (Wildman–Crippen LogP) is 2.86. The molecule has 0 spiro atoms. The van der Waals surface area contributed by atoms with E-state index in [0.717, 1.165) is 0 Å². The van der Waals surface area contributed by atoms with Crippen molar-refractivity contribution in [2.24, 2.45) is 0 Å². The van der Waals surface area contributed by atoms with E-state index in [1.165, 1.54) is 36.0 Å². The number of anilines is 1. The number of carbonyl (C=O) groups is 2. The average molecular weight is 356 g/mol. The van der Waals surface area contributed by atoms with Crippen molar-refractivity contribution in [3.63, 3.8) is 0 Å². The van der Waals surface area contributed by atoms with Crippen LogP contribution < -0.4 is 10.6 Å². The molecule has 0 radical (unpaired) electrons. The molecule has 0 bridgehead atoms. The summed E-state index contributed by atoms with van der Waals surface area (Å²) in [6, 6.07) is 7.83. The first-order valence-electron chi connectivity index (χ1n) is 7.31. The number of thiophene rings is 1. The summed E-state index contributed by atoms with van der Waals surface area (Å²) in [6.07, 6.45) is 4.20. The average Bonchev–Trinajstić information content (AvgIpc) is 3.09. The Morgan fingerprint density at radius 2 is 1.96 bits per heavy atom. The van der Waals surface area contributed by atoms with Crippen molar-refractivity contribution in [1.82, 2.24) is 15.3 Å².